The van der Waals surface area contributed by atoms with Gasteiger partial charge in [-0.05, 0) is 129 Å². The summed E-state index contributed by atoms with van der Waals surface area (Å²) in [6.07, 6.45) is 10.2. The molecule has 6 heteroatoms. The zero-order valence-electron chi connectivity index (χ0n) is 26.6. The van der Waals surface area contributed by atoms with Crippen LogP contribution in [0.3, 0.4) is 0 Å². The molecule has 0 radical (unpaired) electrons. The number of carboxylic acid groups (broad SMARTS) is 1. The van der Waals surface area contributed by atoms with Gasteiger partial charge in [0.15, 0.2) is 0 Å². The second-order valence-electron chi connectivity index (χ2n) is 16.5. The van der Waals surface area contributed by atoms with Gasteiger partial charge in [-0.1, -0.05) is 39.8 Å². The minimum Gasteiger partial charge on any atom is -0.481 e. The van der Waals surface area contributed by atoms with Crippen molar-refractivity contribution in [2.24, 2.45) is 51.6 Å². The van der Waals surface area contributed by atoms with Crippen LogP contribution in [0.25, 0.3) is 0 Å². The van der Waals surface area contributed by atoms with E-state index in [9.17, 15) is 14.7 Å². The number of hydrogen-bond acceptors (Lipinski definition) is 5. The van der Waals surface area contributed by atoms with E-state index in [0.717, 1.165) is 64.2 Å². The minimum absolute atomic E-state index is 0.00484. The first-order valence-electron chi connectivity index (χ1n) is 16.7. The fourth-order valence-electron chi connectivity index (χ4n) is 13.2. The van der Waals surface area contributed by atoms with Crippen molar-refractivity contribution in [2.75, 3.05) is 7.11 Å². The molecular weight excluding hydrogens is 524 g/mol. The Kier molecular flexibility index (Phi) is 6.07. The van der Waals surface area contributed by atoms with Gasteiger partial charge in [0.2, 0.25) is 0 Å². The van der Waals surface area contributed by atoms with Gasteiger partial charge in [0.1, 0.15) is 0 Å². The summed E-state index contributed by atoms with van der Waals surface area (Å²) in [5, 5.41) is 14.8. The Hall–Kier alpha value is -1.92. The molecule has 6 nitrogen and oxygen atoms in total. The smallest absolute Gasteiger partial charge is 0.337 e. The van der Waals surface area contributed by atoms with Crippen LogP contribution in [0, 0.1) is 45.8 Å². The van der Waals surface area contributed by atoms with Gasteiger partial charge in [-0.2, -0.15) is 0 Å². The molecule has 4 N–H and O–H groups in total. The Morgan fingerprint density at radius 1 is 0.929 bits per heavy atom. The lowest BCUT2D eigenvalue weighted by atomic mass is 9.34. The number of benzene rings is 1. The molecule has 6 aliphatic rings. The third-order valence-electron chi connectivity index (χ3n) is 15.4. The Labute approximate surface area is 251 Å². The summed E-state index contributed by atoms with van der Waals surface area (Å²) in [5.41, 5.74) is 9.09. The van der Waals surface area contributed by atoms with Crippen LogP contribution in [0.2, 0.25) is 0 Å². The van der Waals surface area contributed by atoms with Gasteiger partial charge in [-0.25, -0.2) is 4.79 Å². The maximum Gasteiger partial charge on any atom is 0.337 e. The summed E-state index contributed by atoms with van der Waals surface area (Å²) in [6, 6.07) is 8.10. The summed E-state index contributed by atoms with van der Waals surface area (Å²) in [5.74, 6) is 1.51. The maximum absolute atomic E-state index is 12.9. The number of rotatable bonds is 4. The van der Waals surface area contributed by atoms with E-state index in [4.69, 9.17) is 10.5 Å². The molecule has 7 rings (SSSR count). The third kappa shape index (κ3) is 3.19. The predicted octanol–water partition coefficient (Wildman–Crippen LogP) is 6.53. The Morgan fingerprint density at radius 3 is 2.29 bits per heavy atom. The van der Waals surface area contributed by atoms with Gasteiger partial charge in [-0.3, -0.25) is 4.79 Å². The summed E-state index contributed by atoms with van der Waals surface area (Å²) in [6.45, 7) is 12.1. The van der Waals surface area contributed by atoms with Gasteiger partial charge in [-0.15, -0.1) is 0 Å². The number of aliphatic carboxylic acids is 1. The topological polar surface area (TPSA) is 112 Å². The normalized spacial score (nSPS) is 50.5. The number of methoxy groups -OCH3 is 1. The van der Waals surface area contributed by atoms with Gasteiger partial charge in [0, 0.05) is 22.5 Å². The van der Waals surface area contributed by atoms with Gasteiger partial charge in [0.25, 0.3) is 0 Å². The molecule has 1 spiro atoms. The van der Waals surface area contributed by atoms with Crippen molar-refractivity contribution in [1.82, 2.24) is 5.32 Å². The molecule has 1 aromatic carbocycles. The molecule has 0 aromatic heterocycles. The molecule has 230 valence electrons. The number of hydrogen-bond donors (Lipinski definition) is 3. The minimum atomic E-state index is -0.580. The van der Waals surface area contributed by atoms with Crippen LogP contribution in [-0.4, -0.2) is 40.8 Å². The lowest BCUT2D eigenvalue weighted by Crippen LogP contribution is -2.74. The number of carbonyl (C=O) groups excluding carboxylic acids is 1. The molecule has 1 saturated heterocycles. The molecule has 1 aliphatic heterocycles. The van der Waals surface area contributed by atoms with Crippen LogP contribution in [0.15, 0.2) is 24.3 Å². The quantitative estimate of drug-likeness (QED) is 0.278. The molecule has 5 saturated carbocycles. The maximum atomic E-state index is 12.9. The highest BCUT2D eigenvalue weighted by molar-refractivity contribution is 5.89. The number of nitrogens with two attached hydrogens (primary N) is 1. The first-order chi connectivity index (χ1) is 19.7. The summed E-state index contributed by atoms with van der Waals surface area (Å²) < 4.78 is 4.93. The fraction of sp³-hybridized carbons (Fsp3) is 0.778. The van der Waals surface area contributed by atoms with Crippen molar-refractivity contribution in [1.29, 1.82) is 0 Å². The molecule has 5 aliphatic carbocycles. The van der Waals surface area contributed by atoms with Crippen molar-refractivity contribution in [3.05, 3.63) is 35.4 Å². The third-order valence-corrected chi connectivity index (χ3v) is 15.4. The van der Waals surface area contributed by atoms with Crippen LogP contribution in [-0.2, 0) is 9.53 Å². The van der Waals surface area contributed by atoms with Crippen LogP contribution in [0.5, 0.6) is 0 Å². The van der Waals surface area contributed by atoms with Crippen molar-refractivity contribution in [3.63, 3.8) is 0 Å². The Morgan fingerprint density at radius 2 is 1.64 bits per heavy atom. The molecule has 0 amide bonds. The Bertz CT molecular complexity index is 1310. The molecule has 3 unspecified atom stereocenters. The molecule has 42 heavy (non-hydrogen) atoms. The van der Waals surface area contributed by atoms with Gasteiger partial charge in [0.05, 0.1) is 18.1 Å². The average Bonchev–Trinajstić information content (AvgIpc) is 3.40. The first-order valence-corrected chi connectivity index (χ1v) is 16.7. The fourth-order valence-corrected chi connectivity index (χ4v) is 13.2. The molecule has 1 heterocycles. The highest BCUT2D eigenvalue weighted by Gasteiger charge is 2.82. The van der Waals surface area contributed by atoms with Crippen molar-refractivity contribution >= 4 is 11.9 Å². The van der Waals surface area contributed by atoms with E-state index in [1.807, 2.05) is 12.1 Å². The zero-order chi connectivity index (χ0) is 30.1. The second-order valence-corrected chi connectivity index (χ2v) is 16.5. The molecule has 1 aromatic rings. The number of esters is 1. The van der Waals surface area contributed by atoms with E-state index in [-0.39, 0.29) is 39.3 Å². The number of nitrogens with one attached hydrogen (secondary N) is 1. The highest BCUT2D eigenvalue weighted by atomic mass is 16.5. The lowest BCUT2D eigenvalue weighted by molar-refractivity contribution is -0.195. The van der Waals surface area contributed by atoms with Gasteiger partial charge >= 0.3 is 11.9 Å². The molecular formula is C36H52N2O4. The Balaban J connectivity index is 1.21. The number of ether oxygens (including phenoxy) is 1. The summed E-state index contributed by atoms with van der Waals surface area (Å²) in [7, 11) is 1.43. The van der Waals surface area contributed by atoms with Crippen LogP contribution >= 0.6 is 0 Å². The van der Waals surface area contributed by atoms with Gasteiger partial charge < -0.3 is 20.9 Å². The molecule has 6 fully saturated rings. The predicted molar refractivity (Wildman–Crippen MR) is 163 cm³/mol. The van der Waals surface area contributed by atoms with Crippen molar-refractivity contribution in [3.8, 4) is 0 Å². The van der Waals surface area contributed by atoms with E-state index in [0.29, 0.717) is 35.2 Å². The standard InChI is InChI=1S/C36H52N2O4/c1-21(2)24-13-16-34(30(40)41)18-19-35(37)26(28(24)34)11-12-27-31(35,3)17-20-36-32(27,4)15-14-25(33(36,5)38-36)22-7-9-23(10-8-22)29(39)42-6/h7-10,21,24-28,38H,11-20,37H2,1-6H3,(H,40,41)/t24-,25+,26+,27-,28+,31+,32?,33?,34?,35-,36-/m0/s1. The average molecular weight is 577 g/mol. The van der Waals surface area contributed by atoms with Crippen LogP contribution < -0.4 is 11.1 Å². The monoisotopic (exact) mass is 576 g/mol. The largest absolute Gasteiger partial charge is 0.481 e. The summed E-state index contributed by atoms with van der Waals surface area (Å²) in [4.78, 5) is 25.0. The van der Waals surface area contributed by atoms with E-state index >= 15 is 0 Å². The zero-order valence-corrected chi connectivity index (χ0v) is 26.6. The van der Waals surface area contributed by atoms with Crippen molar-refractivity contribution in [2.45, 2.75) is 121 Å². The van der Waals surface area contributed by atoms with E-state index in [1.165, 1.54) is 12.7 Å². The SMILES string of the molecule is COC(=O)c1ccc([C@H]2CCC3(C)[C@H]4CC[C@@H]5[C@H]6[C@H](C(C)C)CCC6(C(=O)O)CC[C@@]5(N)[C@]4(C)CC[C@]34NC24C)cc1. The lowest BCUT2D eigenvalue weighted by Gasteiger charge is -2.71. The van der Waals surface area contributed by atoms with E-state index in [2.05, 4.69) is 52.1 Å². The van der Waals surface area contributed by atoms with E-state index < -0.39 is 11.4 Å². The molecule has 0 bridgehead atoms. The highest BCUT2D eigenvalue weighted by Crippen LogP contribution is 2.78. The van der Waals surface area contributed by atoms with Crippen LogP contribution in [0.1, 0.15) is 121 Å². The molecule has 11 atom stereocenters. The second kappa shape index (κ2) is 8.84. The number of carbonyl (C=O) groups is 2. The van der Waals surface area contributed by atoms with E-state index in [1.54, 1.807) is 0 Å². The van der Waals surface area contributed by atoms with Crippen molar-refractivity contribution < 1.29 is 19.4 Å². The number of fused-ring (bicyclic) bond motifs is 6. The first kappa shape index (κ1) is 28.8. The summed E-state index contributed by atoms with van der Waals surface area (Å²) >= 11 is 0. The van der Waals surface area contributed by atoms with Crippen LogP contribution in [0.4, 0.5) is 0 Å². The number of carboxylic acids is 1.